The summed E-state index contributed by atoms with van der Waals surface area (Å²) < 4.78 is 32.7. The SMILES string of the molecule is CCOc1cccc(CNS(=O)(=O)c2cc([N+](=O)[O-])ccc2C)c1. The van der Waals surface area contributed by atoms with Gasteiger partial charge in [0, 0.05) is 18.7 Å². The first-order valence-electron chi connectivity index (χ1n) is 7.30. The number of hydrogen-bond acceptors (Lipinski definition) is 5. The highest BCUT2D eigenvalue weighted by molar-refractivity contribution is 7.89. The lowest BCUT2D eigenvalue weighted by atomic mass is 10.2. The van der Waals surface area contributed by atoms with Crippen molar-refractivity contribution in [3.05, 3.63) is 63.7 Å². The van der Waals surface area contributed by atoms with Crippen LogP contribution < -0.4 is 9.46 Å². The van der Waals surface area contributed by atoms with E-state index in [0.717, 1.165) is 11.6 Å². The Morgan fingerprint density at radius 3 is 2.62 bits per heavy atom. The van der Waals surface area contributed by atoms with Crippen LogP contribution in [0.25, 0.3) is 0 Å². The molecule has 2 aromatic carbocycles. The lowest BCUT2D eigenvalue weighted by Gasteiger charge is -2.10. The summed E-state index contributed by atoms with van der Waals surface area (Å²) in [4.78, 5) is 10.1. The second-order valence-electron chi connectivity index (χ2n) is 5.11. The number of benzene rings is 2. The van der Waals surface area contributed by atoms with E-state index >= 15 is 0 Å². The third kappa shape index (κ3) is 4.30. The van der Waals surface area contributed by atoms with Crippen LogP contribution in [0.3, 0.4) is 0 Å². The molecule has 0 saturated heterocycles. The van der Waals surface area contributed by atoms with Crippen molar-refractivity contribution in [2.75, 3.05) is 6.61 Å². The molecule has 0 aliphatic carbocycles. The standard InChI is InChI=1S/C16H18N2O5S/c1-3-23-15-6-4-5-13(9-15)11-17-24(21,22)16-10-14(18(19)20)8-7-12(16)2/h4-10,17H,3,11H2,1-2H3. The predicted octanol–water partition coefficient (Wildman–Crippen LogP) is 2.78. The maximum Gasteiger partial charge on any atom is 0.270 e. The zero-order valence-electron chi connectivity index (χ0n) is 13.4. The number of nitrogens with zero attached hydrogens (tertiary/aromatic N) is 1. The zero-order chi connectivity index (χ0) is 17.7. The number of nitrogens with one attached hydrogen (secondary N) is 1. The molecule has 0 bridgehead atoms. The van der Waals surface area contributed by atoms with E-state index < -0.39 is 14.9 Å². The molecule has 2 aromatic rings. The van der Waals surface area contributed by atoms with Crippen LogP contribution in [0, 0.1) is 17.0 Å². The van der Waals surface area contributed by atoms with Crippen molar-refractivity contribution in [1.29, 1.82) is 0 Å². The van der Waals surface area contributed by atoms with Gasteiger partial charge in [-0.2, -0.15) is 0 Å². The molecule has 8 heteroatoms. The van der Waals surface area contributed by atoms with Crippen molar-refractivity contribution in [2.24, 2.45) is 0 Å². The van der Waals surface area contributed by atoms with Crippen LogP contribution in [-0.4, -0.2) is 19.9 Å². The van der Waals surface area contributed by atoms with Crippen molar-refractivity contribution >= 4 is 15.7 Å². The summed E-state index contributed by atoms with van der Waals surface area (Å²) in [7, 11) is -3.87. The van der Waals surface area contributed by atoms with Crippen molar-refractivity contribution < 1.29 is 18.1 Å². The van der Waals surface area contributed by atoms with Crippen molar-refractivity contribution in [2.45, 2.75) is 25.3 Å². The quantitative estimate of drug-likeness (QED) is 0.611. The maximum atomic E-state index is 12.4. The molecule has 0 spiro atoms. The fraction of sp³-hybridized carbons (Fsp3) is 0.250. The highest BCUT2D eigenvalue weighted by Gasteiger charge is 2.20. The Hall–Kier alpha value is -2.45. The number of aryl methyl sites for hydroxylation is 1. The summed E-state index contributed by atoms with van der Waals surface area (Å²) in [5.41, 5.74) is 0.906. The summed E-state index contributed by atoms with van der Waals surface area (Å²) >= 11 is 0. The molecule has 0 heterocycles. The molecule has 2 rings (SSSR count). The van der Waals surface area contributed by atoms with Gasteiger partial charge in [-0.05, 0) is 37.1 Å². The number of non-ortho nitro benzene ring substituents is 1. The van der Waals surface area contributed by atoms with Crippen LogP contribution in [0.5, 0.6) is 5.75 Å². The summed E-state index contributed by atoms with van der Waals surface area (Å²) in [6, 6.07) is 10.8. The van der Waals surface area contributed by atoms with E-state index in [4.69, 9.17) is 4.74 Å². The first-order chi connectivity index (χ1) is 11.3. The van der Waals surface area contributed by atoms with Gasteiger partial charge in [0.05, 0.1) is 16.4 Å². The second-order valence-corrected chi connectivity index (χ2v) is 6.85. The molecule has 1 N–H and O–H groups in total. The Balaban J connectivity index is 2.21. The molecule has 0 amide bonds. The first kappa shape index (κ1) is 17.9. The molecule has 24 heavy (non-hydrogen) atoms. The number of rotatable bonds is 7. The number of sulfonamides is 1. The van der Waals surface area contributed by atoms with Gasteiger partial charge >= 0.3 is 0 Å². The molecule has 7 nitrogen and oxygen atoms in total. The lowest BCUT2D eigenvalue weighted by molar-refractivity contribution is -0.385. The molecule has 0 atom stereocenters. The molecule has 0 aliphatic rings. The number of nitro benzene ring substituents is 1. The van der Waals surface area contributed by atoms with Gasteiger partial charge in [-0.1, -0.05) is 18.2 Å². The van der Waals surface area contributed by atoms with Crippen LogP contribution in [-0.2, 0) is 16.6 Å². The number of hydrogen-bond donors (Lipinski definition) is 1. The fourth-order valence-electron chi connectivity index (χ4n) is 2.16. The van der Waals surface area contributed by atoms with E-state index in [1.807, 2.05) is 6.92 Å². The van der Waals surface area contributed by atoms with E-state index in [1.54, 1.807) is 31.2 Å². The van der Waals surface area contributed by atoms with E-state index in [9.17, 15) is 18.5 Å². The van der Waals surface area contributed by atoms with Gasteiger partial charge in [0.2, 0.25) is 10.0 Å². The first-order valence-corrected chi connectivity index (χ1v) is 8.78. The van der Waals surface area contributed by atoms with E-state index in [1.165, 1.54) is 12.1 Å². The monoisotopic (exact) mass is 350 g/mol. The van der Waals surface area contributed by atoms with Crippen LogP contribution in [0.2, 0.25) is 0 Å². The average molecular weight is 350 g/mol. The van der Waals surface area contributed by atoms with Gasteiger partial charge in [0.15, 0.2) is 0 Å². The molecule has 0 aliphatic heterocycles. The normalized spacial score (nSPS) is 11.2. The highest BCUT2D eigenvalue weighted by atomic mass is 32.2. The molecule has 0 fully saturated rings. The summed E-state index contributed by atoms with van der Waals surface area (Å²) in [5, 5.41) is 10.8. The molecule has 0 radical (unpaired) electrons. The van der Waals surface area contributed by atoms with Crippen molar-refractivity contribution in [3.63, 3.8) is 0 Å². The number of ether oxygens (including phenoxy) is 1. The minimum Gasteiger partial charge on any atom is -0.494 e. The predicted molar refractivity (Wildman–Crippen MR) is 89.5 cm³/mol. The molecular formula is C16H18N2O5S. The highest BCUT2D eigenvalue weighted by Crippen LogP contribution is 2.22. The summed E-state index contributed by atoms with van der Waals surface area (Å²) in [6.45, 7) is 4.03. The summed E-state index contributed by atoms with van der Waals surface area (Å²) in [6.07, 6.45) is 0. The molecule has 0 aromatic heterocycles. The van der Waals surface area contributed by atoms with Gasteiger partial charge < -0.3 is 4.74 Å². The fourth-order valence-corrected chi connectivity index (χ4v) is 3.44. The van der Waals surface area contributed by atoms with Gasteiger partial charge in [-0.25, -0.2) is 13.1 Å². The molecule has 0 unspecified atom stereocenters. The Bertz CT molecular complexity index is 849. The van der Waals surface area contributed by atoms with E-state index in [0.29, 0.717) is 17.9 Å². The van der Waals surface area contributed by atoms with E-state index in [2.05, 4.69) is 4.72 Å². The lowest BCUT2D eigenvalue weighted by Crippen LogP contribution is -2.24. The van der Waals surface area contributed by atoms with Gasteiger partial charge in [0.25, 0.3) is 5.69 Å². The van der Waals surface area contributed by atoms with Crippen molar-refractivity contribution in [3.8, 4) is 5.75 Å². The van der Waals surface area contributed by atoms with Gasteiger partial charge in [-0.3, -0.25) is 10.1 Å². The summed E-state index contributed by atoms with van der Waals surface area (Å²) in [5.74, 6) is 0.653. The molecular weight excluding hydrogens is 332 g/mol. The Morgan fingerprint density at radius 2 is 1.96 bits per heavy atom. The Kier molecular flexibility index (Phi) is 5.53. The van der Waals surface area contributed by atoms with Crippen LogP contribution in [0.15, 0.2) is 47.4 Å². The third-order valence-electron chi connectivity index (χ3n) is 3.35. The maximum absolute atomic E-state index is 12.4. The van der Waals surface area contributed by atoms with Crippen molar-refractivity contribution in [1.82, 2.24) is 4.72 Å². The van der Waals surface area contributed by atoms with Gasteiger partial charge in [0.1, 0.15) is 5.75 Å². The van der Waals surface area contributed by atoms with E-state index in [-0.39, 0.29) is 17.1 Å². The second kappa shape index (κ2) is 7.41. The molecule has 0 saturated carbocycles. The van der Waals surface area contributed by atoms with Crippen LogP contribution >= 0.6 is 0 Å². The van der Waals surface area contributed by atoms with Crippen LogP contribution in [0.4, 0.5) is 5.69 Å². The number of nitro groups is 1. The van der Waals surface area contributed by atoms with Crippen LogP contribution in [0.1, 0.15) is 18.1 Å². The minimum atomic E-state index is -3.87. The third-order valence-corrected chi connectivity index (χ3v) is 4.89. The van der Waals surface area contributed by atoms with Gasteiger partial charge in [-0.15, -0.1) is 0 Å². The largest absolute Gasteiger partial charge is 0.494 e. The Labute approximate surface area is 140 Å². The Morgan fingerprint density at radius 1 is 1.21 bits per heavy atom. The average Bonchev–Trinajstić information content (AvgIpc) is 2.54. The topological polar surface area (TPSA) is 98.5 Å². The zero-order valence-corrected chi connectivity index (χ0v) is 14.2. The molecule has 128 valence electrons. The smallest absolute Gasteiger partial charge is 0.270 e. The minimum absolute atomic E-state index is 0.0609.